The molecule has 1 aliphatic carbocycles. The molecule has 2 rings (SSSR count). The summed E-state index contributed by atoms with van der Waals surface area (Å²) < 4.78 is 16.0. The monoisotopic (exact) mass is 310 g/mol. The van der Waals surface area contributed by atoms with E-state index in [1.54, 1.807) is 33.5 Å². The third kappa shape index (κ3) is 3.16. The Labute approximate surface area is 128 Å². The van der Waals surface area contributed by atoms with E-state index in [1.807, 2.05) is 0 Å². The topological polar surface area (TPSA) is 44.8 Å². The zero-order valence-corrected chi connectivity index (χ0v) is 14.1. The highest BCUT2D eigenvalue weighted by Gasteiger charge is 2.38. The minimum absolute atomic E-state index is 0.0727. The standard InChI is InChI=1S/C16H23O4P/c1-18-11-9-12(19-2)14(13(10-11)20-3)15(17)16(21)7-5-4-6-8-16/h9-10H,4-8,21H2,1-3H3. The molecule has 1 saturated carbocycles. The second kappa shape index (κ2) is 6.65. The highest BCUT2D eigenvalue weighted by Crippen LogP contribution is 2.44. The van der Waals surface area contributed by atoms with E-state index in [0.717, 1.165) is 25.7 Å². The lowest BCUT2D eigenvalue weighted by atomic mass is 9.82. The maximum Gasteiger partial charge on any atom is 0.180 e. The number of hydrogen-bond acceptors (Lipinski definition) is 4. The molecular formula is C16H23O4P. The van der Waals surface area contributed by atoms with Gasteiger partial charge < -0.3 is 14.2 Å². The number of carbonyl (C=O) groups is 1. The lowest BCUT2D eigenvalue weighted by Crippen LogP contribution is -2.34. The van der Waals surface area contributed by atoms with Gasteiger partial charge in [0.25, 0.3) is 0 Å². The van der Waals surface area contributed by atoms with Crippen molar-refractivity contribution < 1.29 is 19.0 Å². The Kier molecular flexibility index (Phi) is 5.10. The van der Waals surface area contributed by atoms with Crippen LogP contribution >= 0.6 is 9.24 Å². The van der Waals surface area contributed by atoms with Crippen LogP contribution in [0.25, 0.3) is 0 Å². The van der Waals surface area contributed by atoms with Gasteiger partial charge in [0.2, 0.25) is 0 Å². The highest BCUT2D eigenvalue weighted by molar-refractivity contribution is 7.21. The van der Waals surface area contributed by atoms with Crippen LogP contribution in [0.1, 0.15) is 42.5 Å². The smallest absolute Gasteiger partial charge is 0.180 e. The second-order valence-electron chi connectivity index (χ2n) is 5.45. The minimum Gasteiger partial charge on any atom is -0.496 e. The summed E-state index contributed by atoms with van der Waals surface area (Å²) >= 11 is 0. The Morgan fingerprint density at radius 1 is 1.00 bits per heavy atom. The molecule has 0 aliphatic heterocycles. The zero-order valence-electron chi connectivity index (χ0n) is 12.9. The van der Waals surface area contributed by atoms with Gasteiger partial charge in [-0.05, 0) is 12.8 Å². The summed E-state index contributed by atoms with van der Waals surface area (Å²) in [6.07, 6.45) is 5.12. The fraction of sp³-hybridized carbons (Fsp3) is 0.562. The molecule has 1 unspecified atom stereocenters. The normalized spacial score (nSPS) is 17.1. The number of Topliss-reactive ketones (excluding diaryl/α,β-unsaturated/α-hetero) is 1. The molecule has 1 aliphatic rings. The van der Waals surface area contributed by atoms with E-state index in [1.165, 1.54) is 6.42 Å². The van der Waals surface area contributed by atoms with E-state index < -0.39 is 5.16 Å². The highest BCUT2D eigenvalue weighted by atomic mass is 31.0. The number of carbonyl (C=O) groups excluding carboxylic acids is 1. The van der Waals surface area contributed by atoms with E-state index >= 15 is 0 Å². The predicted molar refractivity (Wildman–Crippen MR) is 86.0 cm³/mol. The summed E-state index contributed by atoms with van der Waals surface area (Å²) in [6, 6.07) is 3.46. The number of hydrogen-bond donors (Lipinski definition) is 0. The Hall–Kier alpha value is -1.28. The molecule has 21 heavy (non-hydrogen) atoms. The van der Waals surface area contributed by atoms with Gasteiger partial charge in [-0.25, -0.2) is 0 Å². The Morgan fingerprint density at radius 2 is 1.52 bits per heavy atom. The van der Waals surface area contributed by atoms with Gasteiger partial charge in [0.1, 0.15) is 22.8 Å². The zero-order chi connectivity index (χ0) is 15.5. The van der Waals surface area contributed by atoms with Crippen molar-refractivity contribution in [2.45, 2.75) is 37.3 Å². The fourth-order valence-electron chi connectivity index (χ4n) is 2.89. The van der Waals surface area contributed by atoms with Gasteiger partial charge >= 0.3 is 0 Å². The Morgan fingerprint density at radius 3 is 1.95 bits per heavy atom. The Bertz CT molecular complexity index is 496. The van der Waals surface area contributed by atoms with Gasteiger partial charge in [-0.3, -0.25) is 4.79 Å². The van der Waals surface area contributed by atoms with Crippen molar-refractivity contribution in [3.05, 3.63) is 17.7 Å². The number of benzene rings is 1. The summed E-state index contributed by atoms with van der Waals surface area (Å²) in [7, 11) is 7.46. The minimum atomic E-state index is -0.409. The van der Waals surface area contributed by atoms with Crippen molar-refractivity contribution >= 4 is 15.0 Å². The lowest BCUT2D eigenvalue weighted by molar-refractivity contribution is 0.0911. The van der Waals surface area contributed by atoms with Gasteiger partial charge in [-0.15, -0.1) is 9.24 Å². The van der Waals surface area contributed by atoms with Crippen LogP contribution in [0.2, 0.25) is 0 Å². The molecule has 116 valence electrons. The summed E-state index contributed by atoms with van der Waals surface area (Å²) in [5, 5.41) is -0.409. The van der Waals surface area contributed by atoms with E-state index in [4.69, 9.17) is 14.2 Å². The summed E-state index contributed by atoms with van der Waals surface area (Å²) in [5.41, 5.74) is 0.512. The van der Waals surface area contributed by atoms with Gasteiger partial charge in [-0.1, -0.05) is 19.3 Å². The van der Waals surface area contributed by atoms with Crippen LogP contribution in [0.3, 0.4) is 0 Å². The Balaban J connectivity index is 2.48. The first-order valence-electron chi connectivity index (χ1n) is 7.19. The van der Waals surface area contributed by atoms with E-state index in [9.17, 15) is 4.79 Å². The predicted octanol–water partition coefficient (Wildman–Crippen LogP) is 3.47. The molecule has 0 saturated heterocycles. The van der Waals surface area contributed by atoms with E-state index in [2.05, 4.69) is 9.24 Å². The average molecular weight is 310 g/mol. The van der Waals surface area contributed by atoms with Crippen molar-refractivity contribution in [1.82, 2.24) is 0 Å². The molecule has 1 aromatic carbocycles. The first kappa shape index (κ1) is 16.1. The molecule has 0 amide bonds. The van der Waals surface area contributed by atoms with Crippen LogP contribution in [0.4, 0.5) is 0 Å². The summed E-state index contributed by atoms with van der Waals surface area (Å²) in [6.45, 7) is 0. The van der Waals surface area contributed by atoms with Crippen LogP contribution in [0.15, 0.2) is 12.1 Å². The number of ether oxygens (including phenoxy) is 3. The van der Waals surface area contributed by atoms with Crippen LogP contribution in [-0.2, 0) is 0 Å². The molecule has 0 N–H and O–H groups in total. The molecule has 1 aromatic rings. The fourth-order valence-corrected chi connectivity index (χ4v) is 3.44. The number of ketones is 1. The van der Waals surface area contributed by atoms with E-state index in [0.29, 0.717) is 22.8 Å². The van der Waals surface area contributed by atoms with Gasteiger partial charge in [0.05, 0.1) is 21.3 Å². The molecule has 0 heterocycles. The van der Waals surface area contributed by atoms with Gasteiger partial charge in [-0.2, -0.15) is 0 Å². The molecule has 0 radical (unpaired) electrons. The first-order valence-corrected chi connectivity index (χ1v) is 7.77. The molecule has 4 nitrogen and oxygen atoms in total. The van der Waals surface area contributed by atoms with Crippen LogP contribution in [0.5, 0.6) is 17.2 Å². The summed E-state index contributed by atoms with van der Waals surface area (Å²) in [4.78, 5) is 13.1. The van der Waals surface area contributed by atoms with Crippen LogP contribution in [-0.4, -0.2) is 32.3 Å². The van der Waals surface area contributed by atoms with Crippen molar-refractivity contribution in [2.24, 2.45) is 0 Å². The molecule has 0 aromatic heterocycles. The molecule has 1 fully saturated rings. The molecule has 0 bridgehead atoms. The quantitative estimate of drug-likeness (QED) is 0.617. The number of methoxy groups -OCH3 is 3. The SMILES string of the molecule is COc1cc(OC)c(C(=O)C2(P)CCCCC2)c(OC)c1. The average Bonchev–Trinajstić information content (AvgIpc) is 2.53. The third-order valence-corrected chi connectivity index (χ3v) is 4.98. The van der Waals surface area contributed by atoms with Crippen molar-refractivity contribution in [1.29, 1.82) is 0 Å². The first-order chi connectivity index (χ1) is 10.1. The van der Waals surface area contributed by atoms with Crippen molar-refractivity contribution in [2.75, 3.05) is 21.3 Å². The summed E-state index contributed by atoms with van der Waals surface area (Å²) in [5.74, 6) is 1.69. The van der Waals surface area contributed by atoms with Crippen molar-refractivity contribution in [3.8, 4) is 17.2 Å². The molecular weight excluding hydrogens is 287 g/mol. The van der Waals surface area contributed by atoms with Crippen LogP contribution < -0.4 is 14.2 Å². The largest absolute Gasteiger partial charge is 0.496 e. The second-order valence-corrected chi connectivity index (χ2v) is 6.56. The maximum atomic E-state index is 13.1. The molecule has 1 atom stereocenters. The lowest BCUT2D eigenvalue weighted by Gasteiger charge is -2.32. The van der Waals surface area contributed by atoms with Crippen molar-refractivity contribution in [3.63, 3.8) is 0 Å². The van der Waals surface area contributed by atoms with E-state index in [-0.39, 0.29) is 5.78 Å². The molecule has 5 heteroatoms. The van der Waals surface area contributed by atoms with Gasteiger partial charge in [0.15, 0.2) is 5.78 Å². The van der Waals surface area contributed by atoms with Crippen LogP contribution in [0, 0.1) is 0 Å². The molecule has 0 spiro atoms. The van der Waals surface area contributed by atoms with Gasteiger partial charge in [0, 0.05) is 17.3 Å². The third-order valence-electron chi connectivity index (χ3n) is 4.14. The maximum absolute atomic E-state index is 13.1. The number of rotatable bonds is 5.